The number of ether oxygens (including phenoxy) is 2. The first-order valence-corrected chi connectivity index (χ1v) is 16.1. The van der Waals surface area contributed by atoms with Gasteiger partial charge in [0.2, 0.25) is 0 Å². The van der Waals surface area contributed by atoms with Gasteiger partial charge in [-0.05, 0) is 0 Å². The van der Waals surface area contributed by atoms with Crippen molar-refractivity contribution in [3.05, 3.63) is 11.1 Å². The van der Waals surface area contributed by atoms with Crippen molar-refractivity contribution in [2.45, 2.75) is 6.29 Å². The number of methoxy groups -OCH3 is 1. The molecule has 67 valence electrons. The average Bonchev–Trinajstić information content (AvgIpc) is 2.05. The zero-order chi connectivity index (χ0) is 9.40. The molecule has 0 heterocycles. The Morgan fingerprint density at radius 1 is 1.67 bits per heavy atom. The second-order valence-corrected chi connectivity index (χ2v) is 9.48. The monoisotopic (exact) mass is 383 g/mol. The normalized spacial score (nSPS) is 14.2. The molecule has 0 aliphatic carbocycles. The summed E-state index contributed by atoms with van der Waals surface area (Å²) in [6.07, 6.45) is 1.95. The fraction of sp³-hybridized carbons (Fsp3) is 0.600. The molecule has 0 aromatic heterocycles. The van der Waals surface area contributed by atoms with Gasteiger partial charge in [0, 0.05) is 0 Å². The summed E-state index contributed by atoms with van der Waals surface area (Å²) in [6.45, 7) is 0. The second-order valence-electron chi connectivity index (χ2n) is 1.77. The van der Waals surface area contributed by atoms with Gasteiger partial charge >= 0.3 is 108 Å². The van der Waals surface area contributed by atoms with Gasteiger partial charge in [-0.3, -0.25) is 0 Å². The van der Waals surface area contributed by atoms with Crippen LogP contribution in [0.5, 0.6) is 0 Å². The second kappa shape index (κ2) is 9.65. The Kier molecular flexibility index (Phi) is 11.3. The van der Waals surface area contributed by atoms with Crippen molar-refractivity contribution in [3.63, 3.8) is 0 Å². The zero-order valence-electron chi connectivity index (χ0n) is 6.71. The Bertz CT molecular complexity index is 135. The number of rotatable bonds is 6. The van der Waals surface area contributed by atoms with Crippen molar-refractivity contribution in [1.29, 1.82) is 0 Å². The van der Waals surface area contributed by atoms with Crippen LogP contribution in [-0.4, -0.2) is 78.8 Å². The Labute approximate surface area is 106 Å². The van der Waals surface area contributed by atoms with Crippen molar-refractivity contribution in [1.82, 2.24) is 0 Å². The minimum atomic E-state index is -1.97. The molecule has 0 saturated carbocycles. The summed E-state index contributed by atoms with van der Waals surface area (Å²) in [5.74, 6) is 0. The van der Waals surface area contributed by atoms with Crippen LogP contribution in [0.15, 0.2) is 11.1 Å². The van der Waals surface area contributed by atoms with E-state index < -0.39 is 14.7 Å². The standard InChI is InChI=1S/C5H11O4PSe.Ba/c1-8-5(2-3-11)9-4-10(6)7;/h2-3,5-7,11H,4H2,1H3;/q;+1/p-1/b3-2-;. The van der Waals surface area contributed by atoms with Crippen LogP contribution < -0.4 is 0 Å². The molecule has 0 aromatic carbocycles. The molecule has 0 spiro atoms. The molecule has 0 rings (SSSR count). The predicted molar refractivity (Wildman–Crippen MR) is 48.8 cm³/mol. The molecule has 12 heavy (non-hydrogen) atoms. The Hall–Kier alpha value is 2.10. The van der Waals surface area contributed by atoms with Gasteiger partial charge in [-0.15, -0.1) is 0 Å². The van der Waals surface area contributed by atoms with Gasteiger partial charge in [0.1, 0.15) is 0 Å². The van der Waals surface area contributed by atoms with Crippen molar-refractivity contribution in [2.24, 2.45) is 0 Å². The summed E-state index contributed by atoms with van der Waals surface area (Å²) >= 11 is 0.812. The van der Waals surface area contributed by atoms with E-state index in [0.717, 1.165) is 43.1 Å². The molecule has 1 atom stereocenters. The van der Waals surface area contributed by atoms with Gasteiger partial charge in [-0.2, -0.15) is 0 Å². The van der Waals surface area contributed by atoms with Crippen LogP contribution in [-0.2, 0) is 9.47 Å². The van der Waals surface area contributed by atoms with E-state index in [1.54, 1.807) is 0 Å². The molecule has 0 aromatic rings. The van der Waals surface area contributed by atoms with Crippen molar-refractivity contribution >= 4 is 57.6 Å². The molecule has 2 N–H and O–H groups in total. The fourth-order valence-corrected chi connectivity index (χ4v) is 3.06. The van der Waals surface area contributed by atoms with E-state index in [2.05, 4.69) is 0 Å². The Morgan fingerprint density at radius 3 is 2.75 bits per heavy atom. The minimum absolute atomic E-state index is 0.0586. The number of hydrogen-bond donors (Lipinski definition) is 2. The summed E-state index contributed by atoms with van der Waals surface area (Å²) in [5.41, 5.74) is 0. The first-order chi connectivity index (χ1) is 5.70. The molecular formula is C5H10BaO4PSe. The summed E-state index contributed by atoms with van der Waals surface area (Å²) in [6, 6.07) is 0. The van der Waals surface area contributed by atoms with Crippen LogP contribution in [0.4, 0.5) is 0 Å². The SMILES string of the molecule is COC(/C=C\[Se][Ba])OCP(O)O. The first-order valence-electron chi connectivity index (χ1n) is 3.08. The van der Waals surface area contributed by atoms with E-state index in [4.69, 9.17) is 19.3 Å². The van der Waals surface area contributed by atoms with E-state index in [0.29, 0.717) is 6.18 Å². The third-order valence-electron chi connectivity index (χ3n) is 0.919. The molecule has 7 heteroatoms. The average molecular weight is 381 g/mol. The fourth-order valence-electron chi connectivity index (χ4n) is 0.462. The van der Waals surface area contributed by atoms with E-state index in [1.165, 1.54) is 7.11 Å². The number of hydrogen-bond acceptors (Lipinski definition) is 4. The van der Waals surface area contributed by atoms with Gasteiger partial charge in [-0.25, -0.2) is 0 Å². The third kappa shape index (κ3) is 8.69. The van der Waals surface area contributed by atoms with Crippen LogP contribution in [0.25, 0.3) is 0 Å². The third-order valence-corrected chi connectivity index (χ3v) is 5.17. The maximum absolute atomic E-state index is 8.55. The molecule has 0 saturated heterocycles. The van der Waals surface area contributed by atoms with Gasteiger partial charge in [-0.1, -0.05) is 0 Å². The maximum atomic E-state index is 8.55. The van der Waals surface area contributed by atoms with Crippen LogP contribution in [0.1, 0.15) is 0 Å². The molecule has 1 radical (unpaired) electrons. The quantitative estimate of drug-likeness (QED) is 0.371. The van der Waals surface area contributed by atoms with Gasteiger partial charge in [0.25, 0.3) is 0 Å². The van der Waals surface area contributed by atoms with Gasteiger partial charge in [0.15, 0.2) is 0 Å². The molecular weight excluding hydrogens is 371 g/mol. The molecule has 0 aliphatic heterocycles. The molecule has 0 bridgehead atoms. The molecule has 0 aliphatic rings. The van der Waals surface area contributed by atoms with Crippen molar-refractivity contribution < 1.29 is 19.3 Å². The van der Waals surface area contributed by atoms with Crippen molar-refractivity contribution in [2.75, 3.05) is 13.5 Å². The van der Waals surface area contributed by atoms with E-state index in [9.17, 15) is 0 Å². The van der Waals surface area contributed by atoms with Crippen LogP contribution in [0.3, 0.4) is 0 Å². The van der Waals surface area contributed by atoms with Crippen LogP contribution in [0, 0.1) is 0 Å². The van der Waals surface area contributed by atoms with E-state index in [1.807, 2.05) is 11.1 Å². The molecule has 4 nitrogen and oxygen atoms in total. The van der Waals surface area contributed by atoms with Crippen molar-refractivity contribution in [3.8, 4) is 0 Å². The van der Waals surface area contributed by atoms with Gasteiger partial charge in [0.05, 0.1) is 0 Å². The van der Waals surface area contributed by atoms with Gasteiger partial charge < -0.3 is 0 Å². The van der Waals surface area contributed by atoms with E-state index in [-0.39, 0.29) is 6.35 Å². The topological polar surface area (TPSA) is 58.9 Å². The summed E-state index contributed by atoms with van der Waals surface area (Å²) in [4.78, 5) is 19.1. The van der Waals surface area contributed by atoms with Crippen LogP contribution >= 0.6 is 8.38 Å². The summed E-state index contributed by atoms with van der Waals surface area (Å²) < 4.78 is 9.92. The molecule has 0 amide bonds. The predicted octanol–water partition coefficient (Wildman–Crippen LogP) is -0.469. The zero-order valence-corrected chi connectivity index (χ0v) is 13.8. The Balaban J connectivity index is 3.60. The summed E-state index contributed by atoms with van der Waals surface area (Å²) in [5, 5.41) is 0. The van der Waals surface area contributed by atoms with Crippen LogP contribution in [0.2, 0.25) is 0 Å². The molecule has 0 fully saturated rings. The molecule has 1 unspecified atom stereocenters. The van der Waals surface area contributed by atoms with E-state index >= 15 is 0 Å². The Morgan fingerprint density at radius 2 is 2.33 bits per heavy atom. The summed E-state index contributed by atoms with van der Waals surface area (Å²) in [7, 11) is -0.448. The first kappa shape index (κ1) is 14.1.